The lowest BCUT2D eigenvalue weighted by atomic mass is 10.6. The van der Waals surface area contributed by atoms with Gasteiger partial charge in [-0.1, -0.05) is 11.8 Å². The van der Waals surface area contributed by atoms with Crippen LogP contribution < -0.4 is 0 Å². The summed E-state index contributed by atoms with van der Waals surface area (Å²) in [6.07, 6.45) is 2.00. The van der Waals surface area contributed by atoms with Crippen molar-refractivity contribution in [3.63, 3.8) is 0 Å². The number of carbonyl (C=O) groups excluding carboxylic acids is 2. The monoisotopic (exact) mass is 355 g/mol. The van der Waals surface area contributed by atoms with Gasteiger partial charge in [0, 0.05) is 32.7 Å². The van der Waals surface area contributed by atoms with E-state index in [0.29, 0.717) is 0 Å². The van der Waals surface area contributed by atoms with Crippen LogP contribution in [-0.2, 0) is 9.68 Å². The summed E-state index contributed by atoms with van der Waals surface area (Å²) in [5.74, 6) is 0. The highest BCUT2D eigenvalue weighted by Gasteiger charge is 2.37. The quantitative estimate of drug-likeness (QED) is 0.307. The van der Waals surface area contributed by atoms with Gasteiger partial charge in [0.2, 0.25) is 0 Å². The summed E-state index contributed by atoms with van der Waals surface area (Å²) in [5.41, 5.74) is 0. The van der Waals surface area contributed by atoms with Crippen LogP contribution >= 0.6 is 35.8 Å². The predicted molar refractivity (Wildman–Crippen MR) is 85.4 cm³/mol. The van der Waals surface area contributed by atoms with E-state index in [1.807, 2.05) is 13.2 Å². The molecule has 0 radical (unpaired) electrons. The predicted octanol–water partition coefficient (Wildman–Crippen LogP) is 2.25. The lowest BCUT2D eigenvalue weighted by Gasteiger charge is -2.27. The van der Waals surface area contributed by atoms with Crippen LogP contribution in [0.25, 0.3) is 0 Å². The lowest BCUT2D eigenvalue weighted by molar-refractivity contribution is -0.797. The van der Waals surface area contributed by atoms with E-state index >= 15 is 0 Å². The molecule has 1 heterocycles. The zero-order chi connectivity index (χ0) is 16.2. The van der Waals surface area contributed by atoms with Crippen molar-refractivity contribution in [3.05, 3.63) is 0 Å². The zero-order valence-corrected chi connectivity index (χ0v) is 15.2. The average Bonchev–Trinajstić information content (AvgIpc) is 2.47. The van der Waals surface area contributed by atoms with E-state index in [-0.39, 0.29) is 0 Å². The molecule has 1 atom stereocenters. The zero-order valence-electron chi connectivity index (χ0n) is 12.7. The highest BCUT2D eigenvalue weighted by atomic mass is 32.2. The molecular weight excluding hydrogens is 336 g/mol. The Morgan fingerprint density at radius 1 is 1.24 bits per heavy atom. The fourth-order valence-electron chi connectivity index (χ4n) is 1.37. The third-order valence-electron chi connectivity index (χ3n) is 2.53. The van der Waals surface area contributed by atoms with E-state index < -0.39 is 18.4 Å². The number of hydrogen-bond acceptors (Lipinski definition) is 8. The second kappa shape index (κ2) is 8.01. The number of thioether (sulfide) groups is 1. The third kappa shape index (κ3) is 4.59. The van der Waals surface area contributed by atoms with E-state index in [9.17, 15) is 9.59 Å². The first-order valence-corrected chi connectivity index (χ1v) is 9.05. The van der Waals surface area contributed by atoms with Crippen molar-refractivity contribution in [1.82, 2.24) is 13.1 Å². The largest absolute Gasteiger partial charge is 0.488 e. The van der Waals surface area contributed by atoms with Crippen LogP contribution in [0.2, 0.25) is 0 Å². The first-order chi connectivity index (χ1) is 9.81. The van der Waals surface area contributed by atoms with Crippen molar-refractivity contribution in [1.29, 1.82) is 0 Å². The minimum atomic E-state index is -0.581. The molecule has 0 aliphatic carbocycles. The molecule has 1 aliphatic rings. The molecule has 2 amide bonds. The molecule has 21 heavy (non-hydrogen) atoms. The molecule has 8 nitrogen and oxygen atoms in total. The van der Waals surface area contributed by atoms with Gasteiger partial charge in [0.1, 0.15) is 0 Å². The molecule has 1 saturated heterocycles. The normalized spacial score (nSPS) is 24.6. The van der Waals surface area contributed by atoms with Gasteiger partial charge in [-0.05, 0) is 28.9 Å². The molecule has 0 aromatic carbocycles. The van der Waals surface area contributed by atoms with Gasteiger partial charge in [-0.3, -0.25) is 0 Å². The maximum absolute atomic E-state index is 12.1. The van der Waals surface area contributed by atoms with Crippen molar-refractivity contribution in [2.45, 2.75) is 20.0 Å². The molecule has 0 N–H and O–H groups in total. The first-order valence-electron chi connectivity index (χ1n) is 5.91. The van der Waals surface area contributed by atoms with Crippen molar-refractivity contribution in [2.24, 2.45) is 0 Å². The Morgan fingerprint density at radius 2 is 1.81 bits per heavy atom. The summed E-state index contributed by atoms with van der Waals surface area (Å²) >= 11 is 3.54. The topological polar surface area (TPSA) is 65.3 Å². The Morgan fingerprint density at radius 3 is 2.33 bits per heavy atom. The summed E-state index contributed by atoms with van der Waals surface area (Å²) in [4.78, 5) is 34.7. The van der Waals surface area contributed by atoms with Crippen LogP contribution in [0.5, 0.6) is 0 Å². The minimum Gasteiger partial charge on any atom is -0.333 e. The Balaban J connectivity index is 3.18. The molecule has 1 rings (SSSR count). The molecule has 1 unspecified atom stereocenters. The van der Waals surface area contributed by atoms with Crippen molar-refractivity contribution < 1.29 is 24.0 Å². The van der Waals surface area contributed by atoms with E-state index in [4.69, 9.17) is 9.68 Å². The van der Waals surface area contributed by atoms with E-state index in [2.05, 4.69) is 0 Å². The fourth-order valence-corrected chi connectivity index (χ4v) is 2.84. The highest BCUT2D eigenvalue weighted by molar-refractivity contribution is 8.13. The van der Waals surface area contributed by atoms with E-state index in [1.54, 1.807) is 13.2 Å². The second-order valence-corrected chi connectivity index (χ2v) is 6.92. The summed E-state index contributed by atoms with van der Waals surface area (Å²) < 4.78 is 5.21. The molecular formula is C10H19N4O4S3+. The van der Waals surface area contributed by atoms with Gasteiger partial charge in [-0.25, -0.2) is 18.2 Å². The van der Waals surface area contributed by atoms with Crippen LogP contribution in [0, 0.1) is 0 Å². The standard InChI is InChI=1S/C10H19N4O4S3/c1-7-13(8(2)19-5)17-9(15)11(3)21-12(4)10(16)18-14(7)20-6/h7H,1-6H3/q+1. The summed E-state index contributed by atoms with van der Waals surface area (Å²) in [6.45, 7) is 3.59. The highest BCUT2D eigenvalue weighted by Crippen LogP contribution is 2.22. The molecule has 0 saturated carbocycles. The molecule has 0 bridgehead atoms. The van der Waals surface area contributed by atoms with Gasteiger partial charge in [0.25, 0.3) is 11.2 Å². The number of hydroxylamine groups is 2. The molecule has 1 fully saturated rings. The molecule has 120 valence electrons. The third-order valence-corrected chi connectivity index (χ3v) is 4.83. The minimum absolute atomic E-state index is 0.481. The Bertz CT molecular complexity index is 448. The summed E-state index contributed by atoms with van der Waals surface area (Å²) in [5, 5.41) is 0.762. The Labute approximate surface area is 137 Å². The number of rotatable bonds is 1. The van der Waals surface area contributed by atoms with Crippen LogP contribution in [0.3, 0.4) is 0 Å². The van der Waals surface area contributed by atoms with E-state index in [0.717, 1.165) is 17.2 Å². The molecule has 0 aromatic heterocycles. The smallest absolute Gasteiger partial charge is 0.333 e. The SMILES string of the molecule is CSC(C)=[N+]1OC(=O)N(C)SN(C)C(=O)ON(SC)C1C. The van der Waals surface area contributed by atoms with Gasteiger partial charge in [0.05, 0.1) is 12.1 Å². The van der Waals surface area contributed by atoms with Crippen LogP contribution in [-0.4, -0.2) is 67.8 Å². The number of nitrogens with zero attached hydrogens (tertiary/aromatic N) is 4. The molecule has 0 aromatic rings. The van der Waals surface area contributed by atoms with E-state index in [1.165, 1.54) is 55.6 Å². The molecule has 1 aliphatic heterocycles. The molecule has 11 heteroatoms. The average molecular weight is 355 g/mol. The Hall–Kier alpha value is -0.780. The van der Waals surface area contributed by atoms with Gasteiger partial charge in [-0.2, -0.15) is 4.84 Å². The van der Waals surface area contributed by atoms with Crippen molar-refractivity contribution in [2.75, 3.05) is 26.6 Å². The maximum Gasteiger partial charge on any atom is 0.488 e. The van der Waals surface area contributed by atoms with Crippen LogP contribution in [0.4, 0.5) is 9.59 Å². The van der Waals surface area contributed by atoms with Gasteiger partial charge in [-0.15, -0.1) is 0 Å². The van der Waals surface area contributed by atoms with Crippen LogP contribution in [0.15, 0.2) is 0 Å². The Kier molecular flexibility index (Phi) is 6.97. The van der Waals surface area contributed by atoms with Crippen molar-refractivity contribution in [3.8, 4) is 0 Å². The van der Waals surface area contributed by atoms with Gasteiger partial charge < -0.3 is 4.84 Å². The first kappa shape index (κ1) is 18.3. The second-order valence-electron chi connectivity index (χ2n) is 3.94. The number of amides is 2. The van der Waals surface area contributed by atoms with Crippen LogP contribution in [0.1, 0.15) is 13.8 Å². The molecule has 0 spiro atoms. The van der Waals surface area contributed by atoms with Crippen molar-refractivity contribution >= 4 is 53.1 Å². The summed E-state index contributed by atoms with van der Waals surface area (Å²) in [6, 6.07) is 0. The fraction of sp³-hybridized carbons (Fsp3) is 0.700. The van der Waals surface area contributed by atoms with Gasteiger partial charge >= 0.3 is 12.2 Å². The number of hydrogen-bond donors (Lipinski definition) is 0. The number of carbonyl (C=O) groups is 2. The maximum atomic E-state index is 12.1. The summed E-state index contributed by atoms with van der Waals surface area (Å²) in [7, 11) is 3.03. The lowest BCUT2D eigenvalue weighted by Crippen LogP contribution is -2.46. The van der Waals surface area contributed by atoms with Gasteiger partial charge in [0.15, 0.2) is 0 Å².